The molecule has 1 N–H and O–H groups in total. The number of nitrogens with one attached hydrogen (secondary N) is 1. The van der Waals surface area contributed by atoms with E-state index in [0.29, 0.717) is 23.7 Å². The van der Waals surface area contributed by atoms with Gasteiger partial charge in [0.25, 0.3) is 5.91 Å². The third-order valence-corrected chi connectivity index (χ3v) is 3.54. The van der Waals surface area contributed by atoms with E-state index in [9.17, 15) is 4.79 Å². The van der Waals surface area contributed by atoms with Gasteiger partial charge in [-0.05, 0) is 48.9 Å². The van der Waals surface area contributed by atoms with Crippen molar-refractivity contribution in [3.8, 4) is 5.75 Å². The van der Waals surface area contributed by atoms with Crippen molar-refractivity contribution in [2.24, 2.45) is 5.10 Å². The molecule has 1 heterocycles. The SMILES string of the molecule is Cc1ccc(COc2ccc(C(=O)N/N=C\c3ccco3)cc2)cc1. The van der Waals surface area contributed by atoms with Crippen LogP contribution in [-0.4, -0.2) is 12.1 Å². The Morgan fingerprint density at radius 3 is 2.56 bits per heavy atom. The fourth-order valence-electron chi connectivity index (χ4n) is 2.14. The van der Waals surface area contributed by atoms with E-state index in [1.165, 1.54) is 11.8 Å². The zero-order valence-corrected chi connectivity index (χ0v) is 13.8. The summed E-state index contributed by atoms with van der Waals surface area (Å²) < 4.78 is 10.8. The largest absolute Gasteiger partial charge is 0.489 e. The smallest absolute Gasteiger partial charge is 0.271 e. The molecule has 0 radical (unpaired) electrons. The summed E-state index contributed by atoms with van der Waals surface area (Å²) in [7, 11) is 0. The van der Waals surface area contributed by atoms with E-state index >= 15 is 0 Å². The molecule has 0 aliphatic heterocycles. The van der Waals surface area contributed by atoms with Crippen LogP contribution in [0.1, 0.15) is 27.2 Å². The van der Waals surface area contributed by atoms with Crippen LogP contribution in [0.25, 0.3) is 0 Å². The molecule has 3 rings (SSSR count). The monoisotopic (exact) mass is 334 g/mol. The molecule has 3 aromatic rings. The van der Waals surface area contributed by atoms with Crippen LogP contribution in [0.15, 0.2) is 76.4 Å². The molecule has 0 spiro atoms. The van der Waals surface area contributed by atoms with Crippen molar-refractivity contribution in [3.05, 3.63) is 89.4 Å². The molecule has 0 saturated heterocycles. The van der Waals surface area contributed by atoms with Crippen molar-refractivity contribution in [1.82, 2.24) is 5.43 Å². The zero-order chi connectivity index (χ0) is 17.5. The third-order valence-electron chi connectivity index (χ3n) is 3.54. The van der Waals surface area contributed by atoms with E-state index in [-0.39, 0.29) is 5.91 Å². The molecular weight excluding hydrogens is 316 g/mol. The molecule has 0 atom stereocenters. The van der Waals surface area contributed by atoms with Crippen LogP contribution in [0, 0.1) is 6.92 Å². The van der Waals surface area contributed by atoms with Crippen molar-refractivity contribution in [2.45, 2.75) is 13.5 Å². The van der Waals surface area contributed by atoms with Crippen LogP contribution in [-0.2, 0) is 6.61 Å². The van der Waals surface area contributed by atoms with Crippen molar-refractivity contribution in [1.29, 1.82) is 0 Å². The lowest BCUT2D eigenvalue weighted by atomic mass is 10.2. The van der Waals surface area contributed by atoms with Crippen LogP contribution < -0.4 is 10.2 Å². The first-order valence-electron chi connectivity index (χ1n) is 7.86. The highest BCUT2D eigenvalue weighted by molar-refractivity contribution is 5.94. The summed E-state index contributed by atoms with van der Waals surface area (Å²) in [6, 6.07) is 18.6. The van der Waals surface area contributed by atoms with E-state index in [0.717, 1.165) is 5.56 Å². The van der Waals surface area contributed by atoms with Gasteiger partial charge in [-0.25, -0.2) is 5.43 Å². The summed E-state index contributed by atoms with van der Waals surface area (Å²) in [6.07, 6.45) is 2.98. The molecule has 0 fully saturated rings. The Morgan fingerprint density at radius 2 is 1.88 bits per heavy atom. The molecule has 2 aromatic carbocycles. The molecule has 0 saturated carbocycles. The Morgan fingerprint density at radius 1 is 1.12 bits per heavy atom. The first-order valence-corrected chi connectivity index (χ1v) is 7.86. The summed E-state index contributed by atoms with van der Waals surface area (Å²) in [5.74, 6) is 0.976. The Balaban J connectivity index is 1.52. The van der Waals surface area contributed by atoms with Gasteiger partial charge in [-0.3, -0.25) is 4.79 Å². The minimum atomic E-state index is -0.298. The van der Waals surface area contributed by atoms with E-state index in [1.54, 1.807) is 42.7 Å². The lowest BCUT2D eigenvalue weighted by molar-refractivity contribution is 0.0955. The van der Waals surface area contributed by atoms with Crippen LogP contribution in [0.4, 0.5) is 0 Å². The van der Waals surface area contributed by atoms with Gasteiger partial charge in [0.2, 0.25) is 0 Å². The van der Waals surface area contributed by atoms with Gasteiger partial charge in [-0.15, -0.1) is 0 Å². The van der Waals surface area contributed by atoms with Gasteiger partial charge in [-0.2, -0.15) is 5.10 Å². The molecule has 0 unspecified atom stereocenters. The second kappa shape index (κ2) is 7.97. The summed E-state index contributed by atoms with van der Waals surface area (Å²) in [4.78, 5) is 12.0. The van der Waals surface area contributed by atoms with Crippen molar-refractivity contribution >= 4 is 12.1 Å². The second-order valence-electron chi connectivity index (χ2n) is 5.51. The molecule has 0 aliphatic carbocycles. The highest BCUT2D eigenvalue weighted by Gasteiger charge is 2.04. The second-order valence-corrected chi connectivity index (χ2v) is 5.51. The number of hydrogen-bond acceptors (Lipinski definition) is 4. The Labute approximate surface area is 145 Å². The van der Waals surface area contributed by atoms with E-state index < -0.39 is 0 Å². The summed E-state index contributed by atoms with van der Waals surface area (Å²) in [5, 5.41) is 3.85. The van der Waals surface area contributed by atoms with Crippen LogP contribution in [0.5, 0.6) is 5.75 Å². The maximum atomic E-state index is 12.0. The topological polar surface area (TPSA) is 63.8 Å². The Bertz CT molecular complexity index is 836. The first kappa shape index (κ1) is 16.5. The van der Waals surface area contributed by atoms with Gasteiger partial charge < -0.3 is 9.15 Å². The van der Waals surface area contributed by atoms with Gasteiger partial charge in [0.1, 0.15) is 18.1 Å². The zero-order valence-electron chi connectivity index (χ0n) is 13.8. The van der Waals surface area contributed by atoms with Gasteiger partial charge in [0.05, 0.1) is 12.5 Å². The number of benzene rings is 2. The number of nitrogens with zero attached hydrogens (tertiary/aromatic N) is 1. The molecule has 1 aromatic heterocycles. The van der Waals surface area contributed by atoms with Crippen molar-refractivity contribution in [2.75, 3.05) is 0 Å². The van der Waals surface area contributed by atoms with Crippen LogP contribution in [0.2, 0.25) is 0 Å². The van der Waals surface area contributed by atoms with E-state index in [4.69, 9.17) is 9.15 Å². The van der Waals surface area contributed by atoms with Gasteiger partial charge in [0, 0.05) is 5.56 Å². The lowest BCUT2D eigenvalue weighted by Gasteiger charge is -2.07. The normalized spacial score (nSPS) is 10.8. The minimum absolute atomic E-state index is 0.298. The van der Waals surface area contributed by atoms with Gasteiger partial charge in [0.15, 0.2) is 0 Å². The standard InChI is InChI=1S/C20H18N2O3/c1-15-4-6-16(7-5-15)14-25-18-10-8-17(9-11-18)20(23)22-21-13-19-3-2-12-24-19/h2-13H,14H2,1H3,(H,22,23)/b21-13-. The Kier molecular flexibility index (Phi) is 5.26. The number of hydrazone groups is 1. The van der Waals surface area contributed by atoms with Gasteiger partial charge >= 0.3 is 0 Å². The number of ether oxygens (including phenoxy) is 1. The number of carbonyl (C=O) groups excluding carboxylic acids is 1. The number of carbonyl (C=O) groups is 1. The Hall–Kier alpha value is -3.34. The quantitative estimate of drug-likeness (QED) is 0.549. The lowest BCUT2D eigenvalue weighted by Crippen LogP contribution is -2.17. The molecular formula is C20H18N2O3. The number of hydrogen-bond donors (Lipinski definition) is 1. The fraction of sp³-hybridized carbons (Fsp3) is 0.100. The predicted molar refractivity (Wildman–Crippen MR) is 95.7 cm³/mol. The molecule has 0 bridgehead atoms. The molecule has 5 nitrogen and oxygen atoms in total. The number of furan rings is 1. The fourth-order valence-corrected chi connectivity index (χ4v) is 2.14. The average Bonchev–Trinajstić information content (AvgIpc) is 3.15. The average molecular weight is 334 g/mol. The third kappa shape index (κ3) is 4.81. The van der Waals surface area contributed by atoms with Crippen molar-refractivity contribution < 1.29 is 13.9 Å². The highest BCUT2D eigenvalue weighted by Crippen LogP contribution is 2.14. The molecule has 1 amide bonds. The molecule has 0 aliphatic rings. The highest BCUT2D eigenvalue weighted by atomic mass is 16.5. The molecule has 25 heavy (non-hydrogen) atoms. The maximum absolute atomic E-state index is 12.0. The summed E-state index contributed by atoms with van der Waals surface area (Å²) in [6.45, 7) is 2.53. The summed E-state index contributed by atoms with van der Waals surface area (Å²) in [5.41, 5.74) is 5.26. The maximum Gasteiger partial charge on any atom is 0.271 e. The summed E-state index contributed by atoms with van der Waals surface area (Å²) >= 11 is 0. The predicted octanol–water partition coefficient (Wildman–Crippen LogP) is 3.93. The van der Waals surface area contributed by atoms with E-state index in [2.05, 4.69) is 22.7 Å². The number of aryl methyl sites for hydroxylation is 1. The van der Waals surface area contributed by atoms with Crippen LogP contribution >= 0.6 is 0 Å². The number of amides is 1. The number of rotatable bonds is 6. The first-order chi connectivity index (χ1) is 12.2. The van der Waals surface area contributed by atoms with E-state index in [1.807, 2.05) is 19.1 Å². The molecule has 126 valence electrons. The van der Waals surface area contributed by atoms with Crippen LogP contribution in [0.3, 0.4) is 0 Å². The van der Waals surface area contributed by atoms with Gasteiger partial charge in [-0.1, -0.05) is 29.8 Å². The van der Waals surface area contributed by atoms with Crippen molar-refractivity contribution in [3.63, 3.8) is 0 Å². The minimum Gasteiger partial charge on any atom is -0.489 e. The molecule has 5 heteroatoms.